The van der Waals surface area contributed by atoms with Crippen LogP contribution in [-0.4, -0.2) is 27.6 Å². The lowest BCUT2D eigenvalue weighted by molar-refractivity contribution is 0.162. The van der Waals surface area contributed by atoms with Crippen LogP contribution < -0.4 is 10.4 Å². The molecule has 0 amide bonds. The van der Waals surface area contributed by atoms with Crippen molar-refractivity contribution >= 4 is 33.0 Å². The number of methoxy groups -OCH3 is 1. The Morgan fingerprint density at radius 2 is 1.81 bits per heavy atom. The van der Waals surface area contributed by atoms with Crippen LogP contribution in [0.4, 0.5) is 5.69 Å². The van der Waals surface area contributed by atoms with E-state index in [1.165, 1.54) is 11.3 Å². The molecule has 2 heterocycles. The minimum absolute atomic E-state index is 0.0454. The number of hydrogen-bond donors (Lipinski definition) is 0. The predicted molar refractivity (Wildman–Crippen MR) is 133 cm³/mol. The van der Waals surface area contributed by atoms with E-state index in [4.69, 9.17) is 9.73 Å². The van der Waals surface area contributed by atoms with E-state index in [1.807, 2.05) is 61.1 Å². The molecule has 0 bridgehead atoms. The summed E-state index contributed by atoms with van der Waals surface area (Å²) in [4.78, 5) is 19.0. The molecule has 1 unspecified atom stereocenters. The van der Waals surface area contributed by atoms with Gasteiger partial charge in [-0.3, -0.25) is 9.48 Å². The Bertz CT molecular complexity index is 1350. The maximum Gasteiger partial charge on any atom is 0.297 e. The molecule has 6 nitrogen and oxygen atoms in total. The topological polar surface area (TPSA) is 53.4 Å². The number of para-hydroxylation sites is 1. The quantitative estimate of drug-likeness (QED) is 0.355. The van der Waals surface area contributed by atoms with Crippen molar-refractivity contribution in [2.45, 2.75) is 19.9 Å². The van der Waals surface area contributed by atoms with Gasteiger partial charge in [0.15, 0.2) is 10.5 Å². The van der Waals surface area contributed by atoms with Crippen molar-refractivity contribution in [3.63, 3.8) is 0 Å². The summed E-state index contributed by atoms with van der Waals surface area (Å²) in [6.07, 6.45) is 0. The molecule has 1 atom stereocenters. The van der Waals surface area contributed by atoms with E-state index in [9.17, 15) is 4.79 Å². The monoisotopic (exact) mass is 512 g/mol. The van der Waals surface area contributed by atoms with E-state index in [1.54, 1.807) is 11.8 Å². The van der Waals surface area contributed by atoms with Crippen LogP contribution in [0, 0.1) is 6.92 Å². The fourth-order valence-corrected chi connectivity index (χ4v) is 5.02. The Morgan fingerprint density at radius 3 is 2.47 bits per heavy atom. The second-order valence-corrected chi connectivity index (χ2v) is 9.36. The van der Waals surface area contributed by atoms with Gasteiger partial charge in [-0.05, 0) is 43.7 Å². The van der Waals surface area contributed by atoms with Gasteiger partial charge in [0.05, 0.1) is 29.7 Å². The molecule has 0 aliphatic rings. The fourth-order valence-electron chi connectivity index (χ4n) is 3.75. The average Bonchev–Trinajstić information content (AvgIpc) is 3.30. The first kappa shape index (κ1) is 22.5. The molecule has 4 rings (SSSR count). The van der Waals surface area contributed by atoms with E-state index in [-0.39, 0.29) is 11.6 Å². The van der Waals surface area contributed by atoms with E-state index < -0.39 is 0 Å². The van der Waals surface area contributed by atoms with Gasteiger partial charge in [-0.15, -0.1) is 11.3 Å². The number of ether oxygens (including phenoxy) is 1. The number of hydrogen-bond acceptors (Lipinski definition) is 4. The zero-order valence-corrected chi connectivity index (χ0v) is 20.9. The minimum atomic E-state index is -0.138. The normalized spacial score (nSPS) is 13.0. The Hall–Kier alpha value is -2.68. The largest absolute Gasteiger partial charge is 0.383 e. The number of halogens is 1. The molecule has 0 spiro atoms. The Labute approximate surface area is 199 Å². The van der Waals surface area contributed by atoms with Gasteiger partial charge >= 0.3 is 0 Å². The summed E-state index contributed by atoms with van der Waals surface area (Å²) in [5, 5.41) is 2.09. The average molecular weight is 513 g/mol. The van der Waals surface area contributed by atoms with Crippen molar-refractivity contribution in [3.05, 3.63) is 85.3 Å². The first-order valence-electron chi connectivity index (χ1n) is 10.3. The van der Waals surface area contributed by atoms with Crippen LogP contribution in [-0.2, 0) is 11.8 Å². The lowest BCUT2D eigenvalue weighted by Gasteiger charge is -2.16. The summed E-state index contributed by atoms with van der Waals surface area (Å²) in [7, 11) is 3.57. The van der Waals surface area contributed by atoms with Crippen molar-refractivity contribution in [2.75, 3.05) is 13.7 Å². The molecular formula is C24H25BrN4O2S. The number of benzene rings is 2. The van der Waals surface area contributed by atoms with E-state index in [2.05, 4.69) is 44.9 Å². The lowest BCUT2D eigenvalue weighted by atomic mass is 10.1. The molecule has 166 valence electrons. The summed E-state index contributed by atoms with van der Waals surface area (Å²) < 4.78 is 12.1. The third-order valence-corrected chi connectivity index (χ3v) is 6.83. The fraction of sp³-hybridized carbons (Fsp3) is 0.250. The summed E-state index contributed by atoms with van der Waals surface area (Å²) in [5.74, 6) is 0. The molecule has 32 heavy (non-hydrogen) atoms. The van der Waals surface area contributed by atoms with E-state index in [0.717, 1.165) is 31.9 Å². The molecule has 2 aromatic carbocycles. The second kappa shape index (κ2) is 9.44. The third-order valence-electron chi connectivity index (χ3n) is 5.46. The SMILES string of the molecule is COCC(C)n1c(-c2ccc(Br)cc2)csc1=Nc1c(C)n(C)n(-c2ccccc2)c1=O. The van der Waals surface area contributed by atoms with Gasteiger partial charge in [0.2, 0.25) is 0 Å². The molecule has 0 saturated heterocycles. The van der Waals surface area contributed by atoms with Crippen LogP contribution in [0.25, 0.3) is 16.9 Å². The first-order valence-corrected chi connectivity index (χ1v) is 11.9. The Kier molecular flexibility index (Phi) is 6.64. The van der Waals surface area contributed by atoms with Crippen molar-refractivity contribution in [2.24, 2.45) is 12.0 Å². The third kappa shape index (κ3) is 4.18. The molecule has 2 aromatic heterocycles. The predicted octanol–water partition coefficient (Wildman–Crippen LogP) is 5.22. The van der Waals surface area contributed by atoms with Crippen molar-refractivity contribution in [3.8, 4) is 16.9 Å². The summed E-state index contributed by atoms with van der Waals surface area (Å²) in [5.41, 5.74) is 4.05. The van der Waals surface area contributed by atoms with Gasteiger partial charge in [-0.1, -0.05) is 46.3 Å². The van der Waals surface area contributed by atoms with Crippen LogP contribution in [0.1, 0.15) is 18.7 Å². The molecule has 0 aliphatic carbocycles. The maximum atomic E-state index is 13.4. The number of rotatable bonds is 6. The van der Waals surface area contributed by atoms with E-state index >= 15 is 0 Å². The van der Waals surface area contributed by atoms with Crippen LogP contribution >= 0.6 is 27.3 Å². The smallest absolute Gasteiger partial charge is 0.297 e. The summed E-state index contributed by atoms with van der Waals surface area (Å²) in [6, 6.07) is 17.9. The lowest BCUT2D eigenvalue weighted by Crippen LogP contribution is -2.23. The molecule has 0 saturated carbocycles. The van der Waals surface area contributed by atoms with Crippen LogP contribution in [0.2, 0.25) is 0 Å². The van der Waals surface area contributed by atoms with E-state index in [0.29, 0.717) is 12.3 Å². The molecular weight excluding hydrogens is 488 g/mol. The zero-order chi connectivity index (χ0) is 22.8. The minimum Gasteiger partial charge on any atom is -0.383 e. The highest BCUT2D eigenvalue weighted by Gasteiger charge is 2.18. The second-order valence-electron chi connectivity index (χ2n) is 7.61. The molecule has 0 N–H and O–H groups in total. The van der Waals surface area contributed by atoms with Gasteiger partial charge in [0, 0.05) is 24.0 Å². The first-order chi connectivity index (χ1) is 15.4. The zero-order valence-electron chi connectivity index (χ0n) is 18.4. The summed E-state index contributed by atoms with van der Waals surface area (Å²) >= 11 is 5.03. The highest BCUT2D eigenvalue weighted by atomic mass is 79.9. The highest BCUT2D eigenvalue weighted by molar-refractivity contribution is 9.10. The van der Waals surface area contributed by atoms with Gasteiger partial charge in [-0.2, -0.15) is 0 Å². The van der Waals surface area contributed by atoms with Crippen LogP contribution in [0.15, 0.2) is 74.2 Å². The summed E-state index contributed by atoms with van der Waals surface area (Å²) in [6.45, 7) is 4.55. The van der Waals surface area contributed by atoms with Crippen molar-refractivity contribution in [1.29, 1.82) is 0 Å². The number of aromatic nitrogens is 3. The van der Waals surface area contributed by atoms with Gasteiger partial charge in [0.1, 0.15) is 0 Å². The van der Waals surface area contributed by atoms with Gasteiger partial charge in [0.25, 0.3) is 5.56 Å². The molecule has 4 aromatic rings. The van der Waals surface area contributed by atoms with Crippen LogP contribution in [0.5, 0.6) is 0 Å². The van der Waals surface area contributed by atoms with Crippen molar-refractivity contribution in [1.82, 2.24) is 13.9 Å². The number of nitrogens with zero attached hydrogens (tertiary/aromatic N) is 4. The van der Waals surface area contributed by atoms with Crippen LogP contribution in [0.3, 0.4) is 0 Å². The molecule has 0 fully saturated rings. The van der Waals surface area contributed by atoms with Gasteiger partial charge in [-0.25, -0.2) is 9.67 Å². The number of thiazole rings is 1. The standard InChI is InChI=1S/C24H25BrN4O2S/c1-16(14-31-4)28-21(18-10-12-19(25)13-11-18)15-32-24(28)26-22-17(2)27(3)29(23(22)30)20-8-6-5-7-9-20/h5-13,15-16H,14H2,1-4H3. The molecule has 0 aliphatic heterocycles. The maximum absolute atomic E-state index is 13.4. The van der Waals surface area contributed by atoms with Crippen molar-refractivity contribution < 1.29 is 4.74 Å². The Balaban J connectivity index is 1.92. The Morgan fingerprint density at radius 1 is 1.12 bits per heavy atom. The molecule has 0 radical (unpaired) electrons. The van der Waals surface area contributed by atoms with Gasteiger partial charge < -0.3 is 9.30 Å². The highest BCUT2D eigenvalue weighted by Crippen LogP contribution is 2.26. The molecule has 8 heteroatoms.